The van der Waals surface area contributed by atoms with Gasteiger partial charge in [-0.2, -0.15) is 0 Å². The molecule has 1 aliphatic rings. The molecule has 0 saturated carbocycles. The van der Waals surface area contributed by atoms with E-state index in [1.54, 1.807) is 7.11 Å². The number of amides is 1. The molecule has 144 valence electrons. The Labute approximate surface area is 162 Å². The normalized spacial score (nSPS) is 21.5. The van der Waals surface area contributed by atoms with Crippen LogP contribution in [0.25, 0.3) is 0 Å². The molecule has 27 heavy (non-hydrogen) atoms. The fourth-order valence-corrected chi connectivity index (χ4v) is 4.18. The van der Waals surface area contributed by atoms with E-state index in [0.29, 0.717) is 5.56 Å². The maximum Gasteiger partial charge on any atom is 0.252 e. The van der Waals surface area contributed by atoms with E-state index in [4.69, 9.17) is 4.74 Å². The minimum atomic E-state index is -0.123. The first kappa shape index (κ1) is 19.4. The standard InChI is InChI=1S/C23H30N2O2/c1-17-19(13-10-14-20(17)27-4)22(26)24-21(18-11-6-5-7-12-18)23(2)15-8-9-16-25(23)3/h5-7,10-14,21H,8-9,15-16H2,1-4H3,(H,24,26). The highest BCUT2D eigenvalue weighted by atomic mass is 16.5. The number of piperidine rings is 1. The number of nitrogens with one attached hydrogen (secondary N) is 1. The lowest BCUT2D eigenvalue weighted by Crippen LogP contribution is -2.56. The summed E-state index contributed by atoms with van der Waals surface area (Å²) >= 11 is 0. The molecule has 1 fully saturated rings. The maximum atomic E-state index is 13.2. The molecule has 0 spiro atoms. The highest BCUT2D eigenvalue weighted by Gasteiger charge is 2.41. The number of benzene rings is 2. The number of hydrogen-bond acceptors (Lipinski definition) is 3. The first-order chi connectivity index (χ1) is 13.0. The lowest BCUT2D eigenvalue weighted by molar-refractivity contribution is 0.0468. The molecular formula is C23H30N2O2. The van der Waals surface area contributed by atoms with Crippen molar-refractivity contribution in [3.8, 4) is 5.75 Å². The molecule has 1 saturated heterocycles. The van der Waals surface area contributed by atoms with Crippen molar-refractivity contribution in [2.24, 2.45) is 0 Å². The van der Waals surface area contributed by atoms with Gasteiger partial charge in [-0.1, -0.05) is 42.8 Å². The van der Waals surface area contributed by atoms with E-state index in [1.807, 2.05) is 43.3 Å². The summed E-state index contributed by atoms with van der Waals surface area (Å²) in [5.41, 5.74) is 2.55. The Balaban J connectivity index is 1.96. The smallest absolute Gasteiger partial charge is 0.252 e. The Morgan fingerprint density at radius 2 is 1.89 bits per heavy atom. The number of nitrogens with zero attached hydrogens (tertiary/aromatic N) is 1. The largest absolute Gasteiger partial charge is 0.496 e. The van der Waals surface area contributed by atoms with Crippen molar-refractivity contribution in [3.05, 3.63) is 65.2 Å². The third-order valence-corrected chi connectivity index (χ3v) is 6.08. The monoisotopic (exact) mass is 366 g/mol. The van der Waals surface area contributed by atoms with Gasteiger partial charge in [0, 0.05) is 16.7 Å². The van der Waals surface area contributed by atoms with E-state index in [2.05, 4.69) is 36.3 Å². The minimum absolute atomic E-state index is 0.0551. The molecule has 0 aromatic heterocycles. The number of carbonyl (C=O) groups excluding carboxylic acids is 1. The zero-order valence-corrected chi connectivity index (χ0v) is 16.8. The number of methoxy groups -OCH3 is 1. The Kier molecular flexibility index (Phi) is 5.85. The fraction of sp³-hybridized carbons (Fsp3) is 0.435. The van der Waals surface area contributed by atoms with Gasteiger partial charge in [0.15, 0.2) is 0 Å². The molecule has 2 aromatic carbocycles. The summed E-state index contributed by atoms with van der Waals surface area (Å²) in [6, 6.07) is 15.8. The highest BCUT2D eigenvalue weighted by Crippen LogP contribution is 2.38. The van der Waals surface area contributed by atoms with Crippen LogP contribution in [-0.2, 0) is 0 Å². The second-order valence-corrected chi connectivity index (χ2v) is 7.69. The van der Waals surface area contributed by atoms with E-state index in [9.17, 15) is 4.79 Å². The third kappa shape index (κ3) is 3.86. The number of rotatable bonds is 5. The zero-order valence-electron chi connectivity index (χ0n) is 16.8. The van der Waals surface area contributed by atoms with Gasteiger partial charge in [-0.3, -0.25) is 9.69 Å². The zero-order chi connectivity index (χ0) is 19.4. The summed E-state index contributed by atoms with van der Waals surface area (Å²) in [4.78, 5) is 15.6. The van der Waals surface area contributed by atoms with Gasteiger partial charge in [-0.25, -0.2) is 0 Å². The summed E-state index contributed by atoms with van der Waals surface area (Å²) in [6.45, 7) is 5.25. The van der Waals surface area contributed by atoms with Gasteiger partial charge in [0.05, 0.1) is 13.2 Å². The molecule has 4 heteroatoms. The first-order valence-electron chi connectivity index (χ1n) is 9.68. The van der Waals surface area contributed by atoms with E-state index in [1.165, 1.54) is 12.8 Å². The van der Waals surface area contributed by atoms with Crippen LogP contribution in [0.5, 0.6) is 5.75 Å². The Bertz CT molecular complexity index is 790. The number of carbonyl (C=O) groups is 1. The van der Waals surface area contributed by atoms with Crippen molar-refractivity contribution in [1.82, 2.24) is 10.2 Å². The van der Waals surface area contributed by atoms with Crippen LogP contribution >= 0.6 is 0 Å². The number of likely N-dealkylation sites (N-methyl/N-ethyl adjacent to an activating group) is 1. The van der Waals surface area contributed by atoms with E-state index in [-0.39, 0.29) is 17.5 Å². The van der Waals surface area contributed by atoms with Crippen molar-refractivity contribution < 1.29 is 9.53 Å². The van der Waals surface area contributed by atoms with E-state index >= 15 is 0 Å². The molecule has 2 atom stereocenters. The third-order valence-electron chi connectivity index (χ3n) is 6.08. The van der Waals surface area contributed by atoms with Crippen molar-refractivity contribution in [3.63, 3.8) is 0 Å². The molecule has 1 N–H and O–H groups in total. The predicted octanol–water partition coefficient (Wildman–Crippen LogP) is 4.35. The lowest BCUT2D eigenvalue weighted by atomic mass is 9.79. The molecule has 0 aliphatic carbocycles. The van der Waals surface area contributed by atoms with Crippen molar-refractivity contribution >= 4 is 5.91 Å². The molecule has 1 heterocycles. The van der Waals surface area contributed by atoms with Gasteiger partial charge in [0.2, 0.25) is 0 Å². The van der Waals surface area contributed by atoms with Crippen molar-refractivity contribution in [2.75, 3.05) is 20.7 Å². The summed E-state index contributed by atoms with van der Waals surface area (Å²) < 4.78 is 5.39. The molecule has 0 bridgehead atoms. The Morgan fingerprint density at radius 3 is 2.56 bits per heavy atom. The quantitative estimate of drug-likeness (QED) is 0.855. The molecule has 1 aliphatic heterocycles. The van der Waals surface area contributed by atoms with Gasteiger partial charge in [-0.15, -0.1) is 0 Å². The van der Waals surface area contributed by atoms with Crippen LogP contribution in [0.3, 0.4) is 0 Å². The van der Waals surface area contributed by atoms with Crippen LogP contribution in [0, 0.1) is 6.92 Å². The Morgan fingerprint density at radius 1 is 1.15 bits per heavy atom. The van der Waals surface area contributed by atoms with Gasteiger partial charge in [0.25, 0.3) is 5.91 Å². The Hall–Kier alpha value is -2.33. The van der Waals surface area contributed by atoms with E-state index < -0.39 is 0 Å². The minimum Gasteiger partial charge on any atom is -0.496 e. The number of ether oxygens (including phenoxy) is 1. The second kappa shape index (κ2) is 8.13. The summed E-state index contributed by atoms with van der Waals surface area (Å²) in [5.74, 6) is 0.681. The molecule has 4 nitrogen and oxygen atoms in total. The van der Waals surface area contributed by atoms with E-state index in [0.717, 1.165) is 29.8 Å². The van der Waals surface area contributed by atoms with Crippen LogP contribution in [0.2, 0.25) is 0 Å². The van der Waals surface area contributed by atoms with Gasteiger partial charge >= 0.3 is 0 Å². The van der Waals surface area contributed by atoms with Crippen LogP contribution in [0.15, 0.2) is 48.5 Å². The average Bonchev–Trinajstić information content (AvgIpc) is 2.69. The van der Waals surface area contributed by atoms with Crippen LogP contribution in [-0.4, -0.2) is 37.0 Å². The van der Waals surface area contributed by atoms with Crippen molar-refractivity contribution in [1.29, 1.82) is 0 Å². The first-order valence-corrected chi connectivity index (χ1v) is 9.68. The van der Waals surface area contributed by atoms with Gasteiger partial charge in [-0.05, 0) is 58.0 Å². The molecular weight excluding hydrogens is 336 g/mol. The average molecular weight is 367 g/mol. The fourth-order valence-electron chi connectivity index (χ4n) is 4.18. The van der Waals surface area contributed by atoms with Crippen LogP contribution in [0.1, 0.15) is 53.7 Å². The summed E-state index contributed by atoms with van der Waals surface area (Å²) in [6.07, 6.45) is 3.44. The second-order valence-electron chi connectivity index (χ2n) is 7.69. The SMILES string of the molecule is COc1cccc(C(=O)NC(c2ccccc2)C2(C)CCCCN2C)c1C. The maximum absolute atomic E-state index is 13.2. The predicted molar refractivity (Wildman–Crippen MR) is 109 cm³/mol. The topological polar surface area (TPSA) is 41.6 Å². The van der Waals surface area contributed by atoms with Gasteiger partial charge in [0.1, 0.15) is 5.75 Å². The molecule has 0 radical (unpaired) electrons. The summed E-state index contributed by atoms with van der Waals surface area (Å²) in [7, 11) is 3.80. The lowest BCUT2D eigenvalue weighted by Gasteiger charge is -2.48. The van der Waals surface area contributed by atoms with Gasteiger partial charge < -0.3 is 10.1 Å². The van der Waals surface area contributed by atoms with Crippen molar-refractivity contribution in [2.45, 2.75) is 44.7 Å². The molecule has 3 rings (SSSR count). The van der Waals surface area contributed by atoms with Crippen LogP contribution in [0.4, 0.5) is 0 Å². The number of hydrogen-bond donors (Lipinski definition) is 1. The van der Waals surface area contributed by atoms with Crippen LogP contribution < -0.4 is 10.1 Å². The molecule has 1 amide bonds. The summed E-state index contributed by atoms with van der Waals surface area (Å²) in [5, 5.41) is 3.35. The highest BCUT2D eigenvalue weighted by molar-refractivity contribution is 5.96. The number of likely N-dealkylation sites (tertiary alicyclic amines) is 1. The molecule has 2 unspecified atom stereocenters. The molecule has 2 aromatic rings.